The number of carbonyl (C=O) groups excluding carboxylic acids is 2. The zero-order valence-corrected chi connectivity index (χ0v) is 14.4. The van der Waals surface area contributed by atoms with Crippen molar-refractivity contribution < 1.29 is 19.1 Å². The lowest BCUT2D eigenvalue weighted by molar-refractivity contribution is -0.154. The highest BCUT2D eigenvalue weighted by Crippen LogP contribution is 2.23. The molecule has 0 fully saturated rings. The number of rotatable bonds is 6. The summed E-state index contributed by atoms with van der Waals surface area (Å²) in [5.41, 5.74) is 1.52. The van der Waals surface area contributed by atoms with Gasteiger partial charge in [-0.3, -0.25) is 4.98 Å². The van der Waals surface area contributed by atoms with Crippen molar-refractivity contribution in [2.45, 2.75) is 39.8 Å². The van der Waals surface area contributed by atoms with Crippen molar-refractivity contribution in [2.24, 2.45) is 0 Å². The van der Waals surface area contributed by atoms with Gasteiger partial charge in [-0.15, -0.1) is 0 Å². The molecule has 0 aliphatic carbocycles. The molecule has 0 aromatic carbocycles. The van der Waals surface area contributed by atoms with Gasteiger partial charge in [0.25, 0.3) is 0 Å². The third-order valence-electron chi connectivity index (χ3n) is 3.57. The summed E-state index contributed by atoms with van der Waals surface area (Å²) in [6.45, 7) is 7.62. The number of hydrogen-bond acceptors (Lipinski definition) is 5. The normalized spacial score (nSPS) is 12.0. The number of pyridine rings is 1. The largest absolute Gasteiger partial charge is 0.463 e. The first-order chi connectivity index (χ1) is 11.5. The fourth-order valence-corrected chi connectivity index (χ4v) is 2.39. The molecule has 128 valence electrons. The van der Waals surface area contributed by atoms with Gasteiger partial charge in [0.1, 0.15) is 5.69 Å². The molecule has 2 heterocycles. The van der Waals surface area contributed by atoms with E-state index < -0.39 is 18.0 Å². The summed E-state index contributed by atoms with van der Waals surface area (Å²) in [5.74, 6) is -1.22. The van der Waals surface area contributed by atoms with Crippen molar-refractivity contribution in [3.8, 4) is 0 Å². The summed E-state index contributed by atoms with van der Waals surface area (Å²) < 4.78 is 12.3. The molecule has 0 spiro atoms. The quantitative estimate of drug-likeness (QED) is 0.761. The minimum absolute atomic E-state index is 0.0974. The Kier molecular flexibility index (Phi) is 5.73. The Balaban J connectivity index is 2.32. The molecule has 2 aromatic rings. The van der Waals surface area contributed by atoms with E-state index in [2.05, 4.69) is 4.98 Å². The molecule has 0 amide bonds. The minimum Gasteiger partial charge on any atom is -0.463 e. The highest BCUT2D eigenvalue weighted by atomic mass is 16.6. The minimum atomic E-state index is -1.19. The summed E-state index contributed by atoms with van der Waals surface area (Å²) in [5, 5.41) is 0. The lowest BCUT2D eigenvalue weighted by Gasteiger charge is -2.19. The van der Waals surface area contributed by atoms with Crippen molar-refractivity contribution in [1.29, 1.82) is 0 Å². The molecule has 0 saturated heterocycles. The summed E-state index contributed by atoms with van der Waals surface area (Å²) in [6.07, 6.45) is 2.17. The molecule has 0 aliphatic rings. The van der Waals surface area contributed by atoms with Gasteiger partial charge < -0.3 is 14.0 Å². The number of nitrogens with zero attached hydrogens (tertiary/aromatic N) is 2. The van der Waals surface area contributed by atoms with Crippen LogP contribution in [0.2, 0.25) is 0 Å². The van der Waals surface area contributed by atoms with Crippen molar-refractivity contribution in [3.63, 3.8) is 0 Å². The molecule has 6 heteroatoms. The Morgan fingerprint density at radius 3 is 2.62 bits per heavy atom. The molecule has 1 atom stereocenters. The van der Waals surface area contributed by atoms with Crippen LogP contribution < -0.4 is 0 Å². The predicted molar refractivity (Wildman–Crippen MR) is 88.6 cm³/mol. The van der Waals surface area contributed by atoms with E-state index in [1.165, 1.54) is 0 Å². The van der Waals surface area contributed by atoms with Crippen LogP contribution in [0.4, 0.5) is 0 Å². The lowest BCUT2D eigenvalue weighted by Crippen LogP contribution is -2.25. The maximum absolute atomic E-state index is 12.6. The fourth-order valence-electron chi connectivity index (χ4n) is 2.39. The zero-order valence-electron chi connectivity index (χ0n) is 14.4. The first-order valence-electron chi connectivity index (χ1n) is 7.91. The van der Waals surface area contributed by atoms with Gasteiger partial charge in [-0.2, -0.15) is 0 Å². The number of carbonyl (C=O) groups is 2. The van der Waals surface area contributed by atoms with Gasteiger partial charge >= 0.3 is 11.9 Å². The van der Waals surface area contributed by atoms with Crippen molar-refractivity contribution in [3.05, 3.63) is 53.6 Å². The van der Waals surface area contributed by atoms with Gasteiger partial charge in [0.15, 0.2) is 0 Å². The molecule has 0 N–H and O–H groups in total. The number of esters is 2. The highest BCUT2D eigenvalue weighted by molar-refractivity contribution is 5.90. The van der Waals surface area contributed by atoms with E-state index in [9.17, 15) is 9.59 Å². The van der Waals surface area contributed by atoms with E-state index in [0.29, 0.717) is 11.4 Å². The second kappa shape index (κ2) is 7.77. The molecule has 0 radical (unpaired) electrons. The standard InChI is InChI=1S/C18H22N2O4/c1-5-23-18(22)16(15-13(4)8-6-10-19-15)24-17(21)14-9-7-11-20(14)12(2)3/h6-12,16H,5H2,1-4H3. The molecule has 24 heavy (non-hydrogen) atoms. The number of aryl methyl sites for hydroxylation is 1. The molecule has 0 bridgehead atoms. The third kappa shape index (κ3) is 3.82. The molecule has 2 aromatic heterocycles. The van der Waals surface area contributed by atoms with Crippen LogP contribution in [0.3, 0.4) is 0 Å². The Morgan fingerprint density at radius 1 is 1.25 bits per heavy atom. The van der Waals surface area contributed by atoms with Gasteiger partial charge in [0.2, 0.25) is 6.10 Å². The second-order valence-electron chi connectivity index (χ2n) is 5.64. The predicted octanol–water partition coefficient (Wildman–Crippen LogP) is 3.23. The summed E-state index contributed by atoms with van der Waals surface area (Å²) >= 11 is 0. The number of hydrogen-bond donors (Lipinski definition) is 0. The molecule has 6 nitrogen and oxygen atoms in total. The van der Waals surface area contributed by atoms with Crippen molar-refractivity contribution >= 4 is 11.9 Å². The monoisotopic (exact) mass is 330 g/mol. The summed E-state index contributed by atoms with van der Waals surface area (Å²) in [6, 6.07) is 7.09. The summed E-state index contributed by atoms with van der Waals surface area (Å²) in [4.78, 5) is 29.0. The van der Waals surface area contributed by atoms with Gasteiger partial charge in [0, 0.05) is 18.4 Å². The Hall–Kier alpha value is -2.63. The first kappa shape index (κ1) is 17.7. The molecular formula is C18H22N2O4. The van der Waals surface area contributed by atoms with Crippen LogP contribution >= 0.6 is 0 Å². The van der Waals surface area contributed by atoms with Crippen LogP contribution in [0.15, 0.2) is 36.7 Å². The second-order valence-corrected chi connectivity index (χ2v) is 5.64. The lowest BCUT2D eigenvalue weighted by atomic mass is 10.1. The van der Waals surface area contributed by atoms with Crippen LogP contribution in [0.5, 0.6) is 0 Å². The van der Waals surface area contributed by atoms with Gasteiger partial charge in [-0.1, -0.05) is 6.07 Å². The SMILES string of the molecule is CCOC(=O)C(OC(=O)c1cccn1C(C)C)c1ncccc1C. The van der Waals surface area contributed by atoms with Crippen molar-refractivity contribution in [1.82, 2.24) is 9.55 Å². The average Bonchev–Trinajstić information content (AvgIpc) is 3.03. The molecule has 0 saturated carbocycles. The Bertz CT molecular complexity index is 721. The topological polar surface area (TPSA) is 70.4 Å². The number of aromatic nitrogens is 2. The van der Waals surface area contributed by atoms with Crippen LogP contribution in [-0.4, -0.2) is 28.1 Å². The van der Waals surface area contributed by atoms with E-state index in [4.69, 9.17) is 9.47 Å². The smallest absolute Gasteiger partial charge is 0.356 e. The van der Waals surface area contributed by atoms with Crippen LogP contribution in [-0.2, 0) is 14.3 Å². The average molecular weight is 330 g/mol. The fraction of sp³-hybridized carbons (Fsp3) is 0.389. The van der Waals surface area contributed by atoms with E-state index in [-0.39, 0.29) is 12.6 Å². The molecular weight excluding hydrogens is 308 g/mol. The van der Waals surface area contributed by atoms with Crippen LogP contribution in [0, 0.1) is 6.92 Å². The first-order valence-corrected chi connectivity index (χ1v) is 7.91. The third-order valence-corrected chi connectivity index (χ3v) is 3.57. The Labute approximate surface area is 141 Å². The summed E-state index contributed by atoms with van der Waals surface area (Å²) in [7, 11) is 0. The van der Waals surface area contributed by atoms with Gasteiger partial charge in [-0.05, 0) is 51.5 Å². The van der Waals surface area contributed by atoms with Crippen molar-refractivity contribution in [2.75, 3.05) is 6.61 Å². The van der Waals surface area contributed by atoms with Gasteiger partial charge in [0.05, 0.1) is 12.3 Å². The molecule has 1 unspecified atom stereocenters. The maximum atomic E-state index is 12.6. The van der Waals surface area contributed by atoms with E-state index in [1.54, 1.807) is 55.1 Å². The number of ether oxygens (including phenoxy) is 2. The van der Waals surface area contributed by atoms with Crippen LogP contribution in [0.1, 0.15) is 54.7 Å². The van der Waals surface area contributed by atoms with E-state index >= 15 is 0 Å². The molecule has 2 rings (SSSR count). The van der Waals surface area contributed by atoms with E-state index in [1.807, 2.05) is 13.8 Å². The highest BCUT2D eigenvalue weighted by Gasteiger charge is 2.30. The van der Waals surface area contributed by atoms with E-state index in [0.717, 1.165) is 5.56 Å². The maximum Gasteiger partial charge on any atom is 0.356 e. The molecule has 0 aliphatic heterocycles. The van der Waals surface area contributed by atoms with Gasteiger partial charge in [-0.25, -0.2) is 9.59 Å². The zero-order chi connectivity index (χ0) is 17.7. The Morgan fingerprint density at radius 2 is 2.00 bits per heavy atom. The van der Waals surface area contributed by atoms with Crippen LogP contribution in [0.25, 0.3) is 0 Å².